The van der Waals surface area contributed by atoms with Crippen molar-refractivity contribution < 1.29 is 19.5 Å². The average molecular weight is 432 g/mol. The predicted octanol–water partition coefficient (Wildman–Crippen LogP) is 3.87. The lowest BCUT2D eigenvalue weighted by Gasteiger charge is -2.21. The number of benzene rings is 2. The van der Waals surface area contributed by atoms with Crippen LogP contribution < -0.4 is 10.2 Å². The number of para-hydroxylation sites is 1. The Kier molecular flexibility index (Phi) is 6.32. The summed E-state index contributed by atoms with van der Waals surface area (Å²) in [6.07, 6.45) is -0.775. The fourth-order valence-corrected chi connectivity index (χ4v) is 3.75. The quantitative estimate of drug-likeness (QED) is 0.387. The van der Waals surface area contributed by atoms with E-state index in [2.05, 4.69) is 15.5 Å². The van der Waals surface area contributed by atoms with Gasteiger partial charge >= 0.3 is 6.09 Å². The summed E-state index contributed by atoms with van der Waals surface area (Å²) in [5.74, 6) is 0.710. The van der Waals surface area contributed by atoms with Gasteiger partial charge in [0.1, 0.15) is 11.5 Å². The molecule has 0 bridgehead atoms. The minimum absolute atomic E-state index is 0.0185. The number of aliphatic hydroxyl groups is 1. The van der Waals surface area contributed by atoms with Crippen LogP contribution in [0.4, 0.5) is 10.6 Å². The molecule has 1 amide bonds. The van der Waals surface area contributed by atoms with Gasteiger partial charge < -0.3 is 25.0 Å². The molecule has 2 aromatic heterocycles. The van der Waals surface area contributed by atoms with Crippen LogP contribution in [0, 0.1) is 0 Å². The second-order valence-electron chi connectivity index (χ2n) is 7.45. The van der Waals surface area contributed by atoms with Gasteiger partial charge in [0.05, 0.1) is 12.6 Å². The average Bonchev–Trinajstić information content (AvgIpc) is 3.23. The van der Waals surface area contributed by atoms with Gasteiger partial charge in [0.25, 0.3) is 0 Å². The van der Waals surface area contributed by atoms with E-state index < -0.39 is 12.1 Å². The summed E-state index contributed by atoms with van der Waals surface area (Å²) in [5, 5.41) is 26.5. The zero-order valence-corrected chi connectivity index (χ0v) is 17.6. The highest BCUT2D eigenvalue weighted by molar-refractivity contribution is 5.92. The summed E-state index contributed by atoms with van der Waals surface area (Å²) >= 11 is 0. The first-order valence-corrected chi connectivity index (χ1v) is 10.3. The molecule has 0 radical (unpaired) electrons. The molecule has 3 N–H and O–H groups in total. The van der Waals surface area contributed by atoms with Gasteiger partial charge in [-0.2, -0.15) is 0 Å². The second kappa shape index (κ2) is 9.49. The van der Waals surface area contributed by atoms with Crippen LogP contribution in [-0.4, -0.2) is 46.6 Å². The molecule has 4 aromatic rings. The summed E-state index contributed by atoms with van der Waals surface area (Å²) in [7, 11) is 1.85. The van der Waals surface area contributed by atoms with Crippen molar-refractivity contribution >= 4 is 22.9 Å². The Hall–Kier alpha value is -3.91. The Bertz CT molecular complexity index is 1220. The fraction of sp³-hybridized carbons (Fsp3) is 0.208. The highest BCUT2D eigenvalue weighted by Crippen LogP contribution is 2.34. The van der Waals surface area contributed by atoms with Crippen molar-refractivity contribution in [1.82, 2.24) is 15.5 Å². The predicted molar refractivity (Wildman–Crippen MR) is 122 cm³/mol. The van der Waals surface area contributed by atoms with E-state index in [1.807, 2.05) is 78.7 Å². The number of amides is 1. The Balaban J connectivity index is 1.73. The number of likely N-dealkylation sites (N-methyl/N-ethyl adjacent to an activating group) is 1. The van der Waals surface area contributed by atoms with Crippen molar-refractivity contribution in [3.8, 4) is 11.3 Å². The third-order valence-electron chi connectivity index (χ3n) is 5.30. The number of hydrogen-bond donors (Lipinski definition) is 3. The van der Waals surface area contributed by atoms with E-state index in [1.54, 1.807) is 0 Å². The maximum absolute atomic E-state index is 11.6. The summed E-state index contributed by atoms with van der Waals surface area (Å²) in [6, 6.07) is 20.2. The van der Waals surface area contributed by atoms with Crippen LogP contribution in [0.5, 0.6) is 0 Å². The molecule has 164 valence electrons. The minimum Gasteiger partial charge on any atom is -0.465 e. The number of fused-ring (bicyclic) bond motifs is 1. The summed E-state index contributed by atoms with van der Waals surface area (Å²) < 4.78 is 5.48. The zero-order chi connectivity index (χ0) is 22.5. The Morgan fingerprint density at radius 2 is 1.88 bits per heavy atom. The Morgan fingerprint density at radius 3 is 2.69 bits per heavy atom. The van der Waals surface area contributed by atoms with E-state index in [-0.39, 0.29) is 6.61 Å². The Morgan fingerprint density at radius 1 is 1.09 bits per heavy atom. The van der Waals surface area contributed by atoms with Gasteiger partial charge in [-0.15, -0.1) is 0 Å². The molecule has 2 heterocycles. The number of rotatable bonds is 8. The van der Waals surface area contributed by atoms with Crippen LogP contribution in [0.15, 0.2) is 71.3 Å². The molecule has 0 aliphatic carbocycles. The van der Waals surface area contributed by atoms with Crippen molar-refractivity contribution in [1.29, 1.82) is 0 Å². The lowest BCUT2D eigenvalue weighted by Crippen LogP contribution is -2.29. The monoisotopic (exact) mass is 432 g/mol. The Labute approximate surface area is 185 Å². The molecule has 2 aromatic carbocycles. The molecule has 0 fully saturated rings. The van der Waals surface area contributed by atoms with E-state index in [0.29, 0.717) is 30.1 Å². The highest BCUT2D eigenvalue weighted by Gasteiger charge is 2.22. The molecule has 0 saturated heterocycles. The van der Waals surface area contributed by atoms with E-state index >= 15 is 0 Å². The molecule has 0 saturated carbocycles. The summed E-state index contributed by atoms with van der Waals surface area (Å²) in [5.41, 5.74) is 3.64. The van der Waals surface area contributed by atoms with Crippen molar-refractivity contribution in [2.24, 2.45) is 0 Å². The van der Waals surface area contributed by atoms with Crippen LogP contribution in [0.3, 0.4) is 0 Å². The van der Waals surface area contributed by atoms with Gasteiger partial charge in [0, 0.05) is 36.7 Å². The van der Waals surface area contributed by atoms with Crippen LogP contribution in [0.1, 0.15) is 17.3 Å². The summed E-state index contributed by atoms with van der Waals surface area (Å²) in [6.45, 7) is 0.472. The molecule has 8 heteroatoms. The first-order chi connectivity index (χ1) is 15.6. The number of carboxylic acid groups (broad SMARTS) is 1. The number of aliphatic hydroxyl groups excluding tert-OH is 1. The van der Waals surface area contributed by atoms with Crippen LogP contribution >= 0.6 is 0 Å². The number of nitrogens with one attached hydrogen (secondary N) is 1. The first kappa shape index (κ1) is 21.3. The largest absolute Gasteiger partial charge is 0.465 e. The van der Waals surface area contributed by atoms with E-state index in [1.165, 1.54) is 0 Å². The topological polar surface area (TPSA) is 112 Å². The van der Waals surface area contributed by atoms with Gasteiger partial charge in [0.2, 0.25) is 0 Å². The number of hydrogen-bond acceptors (Lipinski definition) is 6. The highest BCUT2D eigenvalue weighted by atomic mass is 16.5. The van der Waals surface area contributed by atoms with Gasteiger partial charge in [-0.3, -0.25) is 0 Å². The standard InChI is InChI=1S/C24H24N4O4/c1-28(13-14-29)22-12-6-7-16(25-22)15-20(26-24(30)31)17-8-2-3-9-18(17)23-19-10-4-5-11-21(19)32-27-23/h2-12,20,26,29H,13-15H2,1H3,(H,30,31)/t20-/m0/s1. The third kappa shape index (κ3) is 4.55. The molecule has 32 heavy (non-hydrogen) atoms. The fourth-order valence-electron chi connectivity index (χ4n) is 3.75. The minimum atomic E-state index is -1.12. The molecular formula is C24H24N4O4. The van der Waals surface area contributed by atoms with Gasteiger partial charge in [-0.25, -0.2) is 9.78 Å². The molecule has 0 spiro atoms. The maximum Gasteiger partial charge on any atom is 0.405 e. The van der Waals surface area contributed by atoms with Crippen LogP contribution in [0.2, 0.25) is 0 Å². The lowest BCUT2D eigenvalue weighted by atomic mass is 9.93. The first-order valence-electron chi connectivity index (χ1n) is 10.3. The van der Waals surface area contributed by atoms with Gasteiger partial charge in [-0.05, 0) is 29.8 Å². The molecular weight excluding hydrogens is 408 g/mol. The van der Waals surface area contributed by atoms with Crippen molar-refractivity contribution in [3.63, 3.8) is 0 Å². The molecule has 0 aliphatic rings. The maximum atomic E-state index is 11.6. The molecule has 0 unspecified atom stereocenters. The van der Waals surface area contributed by atoms with E-state index in [4.69, 9.17) is 4.52 Å². The number of nitrogens with zero attached hydrogens (tertiary/aromatic N) is 3. The number of carbonyl (C=O) groups is 1. The number of aromatic nitrogens is 2. The molecule has 0 aliphatic heterocycles. The molecule has 1 atom stereocenters. The smallest absolute Gasteiger partial charge is 0.405 e. The van der Waals surface area contributed by atoms with Gasteiger partial charge in [-0.1, -0.05) is 47.6 Å². The van der Waals surface area contributed by atoms with Crippen molar-refractivity contribution in [3.05, 3.63) is 78.0 Å². The van der Waals surface area contributed by atoms with Crippen molar-refractivity contribution in [2.75, 3.05) is 25.1 Å². The third-order valence-corrected chi connectivity index (χ3v) is 5.30. The summed E-state index contributed by atoms with van der Waals surface area (Å²) in [4.78, 5) is 18.1. The van der Waals surface area contributed by atoms with Crippen molar-refractivity contribution in [2.45, 2.75) is 12.5 Å². The van der Waals surface area contributed by atoms with Gasteiger partial charge in [0.15, 0.2) is 5.58 Å². The molecule has 8 nitrogen and oxygen atoms in total. The van der Waals surface area contributed by atoms with Crippen LogP contribution in [-0.2, 0) is 6.42 Å². The normalized spacial score (nSPS) is 11.9. The zero-order valence-electron chi connectivity index (χ0n) is 17.6. The van der Waals surface area contributed by atoms with E-state index in [9.17, 15) is 15.0 Å². The second-order valence-corrected chi connectivity index (χ2v) is 7.45. The number of pyridine rings is 1. The SMILES string of the molecule is CN(CCO)c1cccc(C[C@H](NC(=O)O)c2ccccc2-c2noc3ccccc23)n1. The van der Waals surface area contributed by atoms with Crippen LogP contribution in [0.25, 0.3) is 22.2 Å². The number of anilines is 1. The molecule has 4 rings (SSSR count). The lowest BCUT2D eigenvalue weighted by molar-refractivity contribution is 0.189. The van der Waals surface area contributed by atoms with E-state index in [0.717, 1.165) is 22.2 Å².